The van der Waals surface area contributed by atoms with Crippen LogP contribution in [0.4, 0.5) is 5.82 Å². The van der Waals surface area contributed by atoms with E-state index in [-0.39, 0.29) is 0 Å². The zero-order valence-electron chi connectivity index (χ0n) is 15.3. The summed E-state index contributed by atoms with van der Waals surface area (Å²) in [5, 5.41) is 3.67. The highest BCUT2D eigenvalue weighted by atomic mass is 15.0. The van der Waals surface area contributed by atoms with Crippen molar-refractivity contribution in [3.05, 3.63) is 88.9 Å². The smallest absolute Gasteiger partial charge is 0.130 e. The number of rotatable bonds is 5. The quantitative estimate of drug-likeness (QED) is 0.703. The van der Waals surface area contributed by atoms with E-state index < -0.39 is 0 Å². The van der Waals surface area contributed by atoms with Gasteiger partial charge in [0.05, 0.1) is 6.04 Å². The van der Waals surface area contributed by atoms with Crippen molar-refractivity contribution in [1.82, 2.24) is 9.97 Å². The molecule has 0 bridgehead atoms. The normalized spacial score (nSPS) is 16.1. The Morgan fingerprint density at radius 2 is 1.77 bits per heavy atom. The van der Waals surface area contributed by atoms with Crippen LogP contribution in [0.5, 0.6) is 0 Å². The van der Waals surface area contributed by atoms with Gasteiger partial charge in [-0.3, -0.25) is 0 Å². The van der Waals surface area contributed by atoms with Crippen LogP contribution in [0.15, 0.2) is 60.7 Å². The van der Waals surface area contributed by atoms with Crippen LogP contribution in [0.3, 0.4) is 0 Å². The molecule has 132 valence electrons. The molecule has 2 aromatic carbocycles. The van der Waals surface area contributed by atoms with Crippen LogP contribution in [0.2, 0.25) is 0 Å². The lowest BCUT2D eigenvalue weighted by molar-refractivity contribution is 0.598. The van der Waals surface area contributed by atoms with Crippen molar-refractivity contribution in [2.24, 2.45) is 0 Å². The van der Waals surface area contributed by atoms with Gasteiger partial charge in [0, 0.05) is 11.8 Å². The minimum absolute atomic E-state index is 0.344. The van der Waals surface area contributed by atoms with Crippen molar-refractivity contribution < 1.29 is 0 Å². The van der Waals surface area contributed by atoms with E-state index >= 15 is 0 Å². The molecule has 3 heteroatoms. The molecule has 0 saturated heterocycles. The average Bonchev–Trinajstić information content (AvgIpc) is 2.67. The molecule has 0 aliphatic heterocycles. The first-order valence-electron chi connectivity index (χ1n) is 9.51. The fourth-order valence-corrected chi connectivity index (χ4v) is 3.83. The third-order valence-electron chi connectivity index (χ3n) is 5.10. The van der Waals surface area contributed by atoms with Crippen LogP contribution in [0.25, 0.3) is 0 Å². The Bertz CT molecular complexity index is 874. The van der Waals surface area contributed by atoms with Crippen LogP contribution in [-0.4, -0.2) is 9.97 Å². The number of aromatic nitrogens is 2. The summed E-state index contributed by atoms with van der Waals surface area (Å²) in [6.07, 6.45) is 5.49. The number of aryl methyl sites for hydroxylation is 4. The van der Waals surface area contributed by atoms with Gasteiger partial charge in [-0.15, -0.1) is 0 Å². The van der Waals surface area contributed by atoms with Crippen molar-refractivity contribution in [2.75, 3.05) is 5.32 Å². The molecule has 1 atom stereocenters. The van der Waals surface area contributed by atoms with Crippen molar-refractivity contribution in [2.45, 2.75) is 45.1 Å². The number of hydrogen-bond acceptors (Lipinski definition) is 3. The van der Waals surface area contributed by atoms with Crippen LogP contribution < -0.4 is 5.32 Å². The molecule has 26 heavy (non-hydrogen) atoms. The first kappa shape index (κ1) is 16.8. The van der Waals surface area contributed by atoms with Gasteiger partial charge in [0.15, 0.2) is 0 Å². The van der Waals surface area contributed by atoms with Crippen LogP contribution in [0, 0.1) is 6.92 Å². The highest BCUT2D eigenvalue weighted by Gasteiger charge is 2.20. The molecule has 0 saturated carbocycles. The van der Waals surface area contributed by atoms with Gasteiger partial charge in [0.1, 0.15) is 11.6 Å². The summed E-state index contributed by atoms with van der Waals surface area (Å²) in [5.74, 6) is 1.78. The van der Waals surface area contributed by atoms with Crippen molar-refractivity contribution in [3.8, 4) is 0 Å². The zero-order valence-corrected chi connectivity index (χ0v) is 15.3. The molecule has 0 radical (unpaired) electrons. The maximum absolute atomic E-state index is 4.64. The van der Waals surface area contributed by atoms with Gasteiger partial charge in [-0.05, 0) is 55.7 Å². The Hall–Kier alpha value is -2.68. The Kier molecular flexibility index (Phi) is 4.96. The van der Waals surface area contributed by atoms with E-state index in [0.717, 1.165) is 36.6 Å². The second kappa shape index (κ2) is 7.69. The lowest BCUT2D eigenvalue weighted by Gasteiger charge is -2.27. The molecule has 1 N–H and O–H groups in total. The van der Waals surface area contributed by atoms with Crippen LogP contribution >= 0.6 is 0 Å². The van der Waals surface area contributed by atoms with Gasteiger partial charge in [-0.25, -0.2) is 9.97 Å². The first-order valence-corrected chi connectivity index (χ1v) is 9.51. The predicted molar refractivity (Wildman–Crippen MR) is 106 cm³/mol. The van der Waals surface area contributed by atoms with E-state index in [1.54, 1.807) is 0 Å². The van der Waals surface area contributed by atoms with Crippen LogP contribution in [0.1, 0.15) is 47.1 Å². The predicted octanol–water partition coefficient (Wildman–Crippen LogP) is 5.06. The van der Waals surface area contributed by atoms with E-state index in [2.05, 4.69) is 75.9 Å². The van der Waals surface area contributed by atoms with E-state index in [9.17, 15) is 0 Å². The Balaban J connectivity index is 1.50. The van der Waals surface area contributed by atoms with Crippen molar-refractivity contribution in [1.29, 1.82) is 0 Å². The molecule has 0 amide bonds. The summed E-state index contributed by atoms with van der Waals surface area (Å²) in [7, 11) is 0. The van der Waals surface area contributed by atoms with Gasteiger partial charge in [-0.2, -0.15) is 0 Å². The minimum atomic E-state index is 0.344. The zero-order chi connectivity index (χ0) is 17.8. The Morgan fingerprint density at radius 1 is 0.962 bits per heavy atom. The van der Waals surface area contributed by atoms with E-state index in [0.29, 0.717) is 6.04 Å². The number of hydrogen-bond donors (Lipinski definition) is 1. The molecular formula is C23H25N3. The molecule has 0 spiro atoms. The average molecular weight is 343 g/mol. The largest absolute Gasteiger partial charge is 0.363 e. The monoisotopic (exact) mass is 343 g/mol. The second-order valence-electron chi connectivity index (χ2n) is 7.07. The topological polar surface area (TPSA) is 37.8 Å². The summed E-state index contributed by atoms with van der Waals surface area (Å²) in [5.41, 5.74) is 5.33. The lowest BCUT2D eigenvalue weighted by atomic mass is 9.88. The maximum atomic E-state index is 4.64. The van der Waals surface area contributed by atoms with Gasteiger partial charge in [0.25, 0.3) is 0 Å². The Labute approximate surface area is 155 Å². The maximum Gasteiger partial charge on any atom is 0.130 e. The first-order chi connectivity index (χ1) is 12.8. The SMILES string of the molecule is Cc1nc(CCc2ccccc2)cc(N[C@@H]2CCCc3ccccc32)n1. The number of fused-ring (bicyclic) bond motifs is 1. The molecular weight excluding hydrogens is 318 g/mol. The fraction of sp³-hybridized carbons (Fsp3) is 0.304. The van der Waals surface area contributed by atoms with Gasteiger partial charge in [0.2, 0.25) is 0 Å². The van der Waals surface area contributed by atoms with E-state index in [4.69, 9.17) is 0 Å². The lowest BCUT2D eigenvalue weighted by Crippen LogP contribution is -2.18. The number of benzene rings is 2. The summed E-state index contributed by atoms with van der Waals surface area (Å²) in [4.78, 5) is 9.27. The highest BCUT2D eigenvalue weighted by Crippen LogP contribution is 2.32. The summed E-state index contributed by atoms with van der Waals surface area (Å²) < 4.78 is 0. The van der Waals surface area contributed by atoms with Crippen molar-refractivity contribution >= 4 is 5.82 Å². The molecule has 1 aromatic heterocycles. The molecule has 1 aliphatic carbocycles. The molecule has 3 aromatic rings. The van der Waals surface area contributed by atoms with Crippen LogP contribution in [-0.2, 0) is 19.3 Å². The van der Waals surface area contributed by atoms with Gasteiger partial charge in [-0.1, -0.05) is 54.6 Å². The summed E-state index contributed by atoms with van der Waals surface area (Å²) in [6, 6.07) is 21.8. The Morgan fingerprint density at radius 3 is 2.65 bits per heavy atom. The fourth-order valence-electron chi connectivity index (χ4n) is 3.83. The number of nitrogens with one attached hydrogen (secondary N) is 1. The van der Waals surface area contributed by atoms with E-state index in [1.165, 1.54) is 29.5 Å². The molecule has 0 unspecified atom stereocenters. The number of nitrogens with zero attached hydrogens (tertiary/aromatic N) is 2. The molecule has 1 heterocycles. The molecule has 0 fully saturated rings. The van der Waals surface area contributed by atoms with Crippen molar-refractivity contribution in [3.63, 3.8) is 0 Å². The molecule has 4 rings (SSSR count). The third-order valence-corrected chi connectivity index (χ3v) is 5.10. The second-order valence-corrected chi connectivity index (χ2v) is 7.07. The summed E-state index contributed by atoms with van der Waals surface area (Å²) >= 11 is 0. The molecule has 1 aliphatic rings. The molecule has 3 nitrogen and oxygen atoms in total. The minimum Gasteiger partial charge on any atom is -0.363 e. The van der Waals surface area contributed by atoms with E-state index in [1.807, 2.05) is 6.92 Å². The van der Waals surface area contributed by atoms with Gasteiger partial charge < -0.3 is 5.32 Å². The number of anilines is 1. The highest BCUT2D eigenvalue weighted by molar-refractivity contribution is 5.43. The summed E-state index contributed by atoms with van der Waals surface area (Å²) in [6.45, 7) is 1.98. The van der Waals surface area contributed by atoms with Gasteiger partial charge >= 0.3 is 0 Å². The standard InChI is InChI=1S/C23H25N3/c1-17-24-20(15-14-18-8-3-2-4-9-18)16-23(25-17)26-22-13-7-11-19-10-5-6-12-21(19)22/h2-6,8-10,12,16,22H,7,11,13-15H2,1H3,(H,24,25,26)/t22-/m1/s1. The third kappa shape index (κ3) is 3.93.